The van der Waals surface area contributed by atoms with Gasteiger partial charge in [0.1, 0.15) is 5.75 Å². The van der Waals surface area contributed by atoms with Crippen LogP contribution < -0.4 is 15.8 Å². The van der Waals surface area contributed by atoms with Gasteiger partial charge in [0.25, 0.3) is 5.91 Å². The zero-order chi connectivity index (χ0) is 13.9. The number of nitrogens with one attached hydrogen (secondary N) is 1. The van der Waals surface area contributed by atoms with Gasteiger partial charge in [0.15, 0.2) is 6.10 Å². The third kappa shape index (κ3) is 4.28. The van der Waals surface area contributed by atoms with Gasteiger partial charge in [-0.15, -0.1) is 0 Å². The van der Waals surface area contributed by atoms with Crippen molar-refractivity contribution >= 4 is 11.6 Å². The molecule has 1 atom stereocenters. The van der Waals surface area contributed by atoms with E-state index in [1.807, 2.05) is 33.8 Å². The lowest BCUT2D eigenvalue weighted by Gasteiger charge is -2.24. The summed E-state index contributed by atoms with van der Waals surface area (Å²) in [5, 5.41) is 2.88. The number of hydrogen-bond acceptors (Lipinski definition) is 3. The van der Waals surface area contributed by atoms with Crippen LogP contribution >= 0.6 is 0 Å². The molecule has 3 N–H and O–H groups in total. The molecule has 0 radical (unpaired) electrons. The van der Waals surface area contributed by atoms with Crippen molar-refractivity contribution in [3.63, 3.8) is 0 Å². The highest BCUT2D eigenvalue weighted by molar-refractivity contribution is 5.81. The maximum atomic E-state index is 11.9. The monoisotopic (exact) mass is 250 g/mol. The molecule has 0 aliphatic carbocycles. The molecule has 4 nitrogen and oxygen atoms in total. The number of nitrogens with two attached hydrogens (primary N) is 1. The van der Waals surface area contributed by atoms with E-state index in [0.717, 1.165) is 5.56 Å². The van der Waals surface area contributed by atoms with Gasteiger partial charge < -0.3 is 15.8 Å². The molecule has 0 heterocycles. The Morgan fingerprint density at radius 2 is 2.00 bits per heavy atom. The van der Waals surface area contributed by atoms with E-state index in [9.17, 15) is 4.79 Å². The maximum absolute atomic E-state index is 11.9. The molecule has 0 aliphatic rings. The Morgan fingerprint density at radius 1 is 1.39 bits per heavy atom. The smallest absolute Gasteiger partial charge is 0.261 e. The Morgan fingerprint density at radius 3 is 2.50 bits per heavy atom. The zero-order valence-corrected chi connectivity index (χ0v) is 11.7. The van der Waals surface area contributed by atoms with E-state index in [0.29, 0.717) is 11.4 Å². The molecule has 100 valence electrons. The number of hydrogen-bond donors (Lipinski definition) is 2. The van der Waals surface area contributed by atoms with E-state index in [1.165, 1.54) is 0 Å². The second kappa shape index (κ2) is 5.29. The number of carbonyl (C=O) groups excluding carboxylic acids is 1. The standard InChI is InChI=1S/C14H22N2O2/c1-9-8-11(15)6-7-12(9)18-10(2)13(17)16-14(3,4)5/h6-8,10H,15H2,1-5H3,(H,16,17). The summed E-state index contributed by atoms with van der Waals surface area (Å²) in [5.74, 6) is 0.555. The predicted octanol–water partition coefficient (Wildman–Crippen LogP) is 2.26. The molecular weight excluding hydrogens is 228 g/mol. The minimum Gasteiger partial charge on any atom is -0.481 e. The van der Waals surface area contributed by atoms with E-state index in [1.54, 1.807) is 19.1 Å². The summed E-state index contributed by atoms with van der Waals surface area (Å²) in [5.41, 5.74) is 7.02. The average molecular weight is 250 g/mol. The molecule has 1 rings (SSSR count). The lowest BCUT2D eigenvalue weighted by molar-refractivity contribution is -0.128. The quantitative estimate of drug-likeness (QED) is 0.809. The van der Waals surface area contributed by atoms with Crippen molar-refractivity contribution in [3.05, 3.63) is 23.8 Å². The zero-order valence-electron chi connectivity index (χ0n) is 11.7. The Labute approximate surface area is 109 Å². The summed E-state index contributed by atoms with van der Waals surface area (Å²) in [6, 6.07) is 5.37. The SMILES string of the molecule is Cc1cc(N)ccc1OC(C)C(=O)NC(C)(C)C. The first-order chi connectivity index (χ1) is 8.19. The van der Waals surface area contributed by atoms with Crippen molar-refractivity contribution < 1.29 is 9.53 Å². The fraction of sp³-hybridized carbons (Fsp3) is 0.500. The highest BCUT2D eigenvalue weighted by Gasteiger charge is 2.20. The van der Waals surface area contributed by atoms with Crippen LogP contribution in [-0.4, -0.2) is 17.6 Å². The fourth-order valence-corrected chi connectivity index (χ4v) is 1.52. The predicted molar refractivity (Wildman–Crippen MR) is 73.6 cm³/mol. The summed E-state index contributed by atoms with van der Waals surface area (Å²) >= 11 is 0. The number of carbonyl (C=O) groups is 1. The summed E-state index contributed by atoms with van der Waals surface area (Å²) in [4.78, 5) is 11.9. The van der Waals surface area contributed by atoms with Crippen LogP contribution in [0.5, 0.6) is 5.75 Å². The second-order valence-electron chi connectivity index (χ2n) is 5.52. The number of ether oxygens (including phenoxy) is 1. The molecule has 1 unspecified atom stereocenters. The highest BCUT2D eigenvalue weighted by Crippen LogP contribution is 2.21. The molecule has 1 aromatic rings. The summed E-state index contributed by atoms with van der Waals surface area (Å²) in [7, 11) is 0. The van der Waals surface area contributed by atoms with Crippen LogP contribution in [0.15, 0.2) is 18.2 Å². The van der Waals surface area contributed by atoms with Crippen LogP contribution in [-0.2, 0) is 4.79 Å². The lowest BCUT2D eigenvalue weighted by atomic mass is 10.1. The van der Waals surface area contributed by atoms with Gasteiger partial charge in [-0.3, -0.25) is 4.79 Å². The minimum absolute atomic E-state index is 0.126. The largest absolute Gasteiger partial charge is 0.481 e. The molecule has 18 heavy (non-hydrogen) atoms. The van der Waals surface area contributed by atoms with Gasteiger partial charge in [0.05, 0.1) is 0 Å². The number of rotatable bonds is 3. The summed E-state index contributed by atoms with van der Waals surface area (Å²) < 4.78 is 5.64. The van der Waals surface area contributed by atoms with Gasteiger partial charge in [-0.1, -0.05) is 0 Å². The van der Waals surface area contributed by atoms with Gasteiger partial charge in [-0.2, -0.15) is 0 Å². The maximum Gasteiger partial charge on any atom is 0.261 e. The molecule has 1 aromatic carbocycles. The molecular formula is C14H22N2O2. The van der Waals surface area contributed by atoms with E-state index in [4.69, 9.17) is 10.5 Å². The first kappa shape index (κ1) is 14.4. The van der Waals surface area contributed by atoms with E-state index in [-0.39, 0.29) is 11.4 Å². The topological polar surface area (TPSA) is 64.3 Å². The first-order valence-corrected chi connectivity index (χ1v) is 6.04. The Hall–Kier alpha value is -1.71. The molecule has 0 aromatic heterocycles. The summed E-state index contributed by atoms with van der Waals surface area (Å²) in [6.07, 6.45) is -0.536. The van der Waals surface area contributed by atoms with Crippen molar-refractivity contribution in [2.75, 3.05) is 5.73 Å². The van der Waals surface area contributed by atoms with E-state index >= 15 is 0 Å². The summed E-state index contributed by atoms with van der Waals surface area (Å²) in [6.45, 7) is 9.45. The average Bonchev–Trinajstić information content (AvgIpc) is 2.19. The lowest BCUT2D eigenvalue weighted by Crippen LogP contribution is -2.46. The van der Waals surface area contributed by atoms with Gasteiger partial charge in [0, 0.05) is 11.2 Å². The molecule has 0 spiro atoms. The van der Waals surface area contributed by atoms with Gasteiger partial charge in [0.2, 0.25) is 0 Å². The van der Waals surface area contributed by atoms with Crippen molar-refractivity contribution in [1.82, 2.24) is 5.32 Å². The minimum atomic E-state index is -0.536. The number of aryl methyl sites for hydroxylation is 1. The molecule has 1 amide bonds. The molecule has 0 fully saturated rings. The number of amides is 1. The Kier molecular flexibility index (Phi) is 4.22. The Balaban J connectivity index is 2.69. The molecule has 4 heteroatoms. The van der Waals surface area contributed by atoms with Crippen molar-refractivity contribution in [1.29, 1.82) is 0 Å². The van der Waals surface area contributed by atoms with Crippen LogP contribution in [0.25, 0.3) is 0 Å². The van der Waals surface area contributed by atoms with Gasteiger partial charge in [-0.25, -0.2) is 0 Å². The first-order valence-electron chi connectivity index (χ1n) is 6.04. The molecule has 0 aliphatic heterocycles. The van der Waals surface area contributed by atoms with Crippen LogP contribution in [0.2, 0.25) is 0 Å². The van der Waals surface area contributed by atoms with Gasteiger partial charge >= 0.3 is 0 Å². The van der Waals surface area contributed by atoms with E-state index < -0.39 is 6.10 Å². The fourth-order valence-electron chi connectivity index (χ4n) is 1.52. The molecule has 0 saturated carbocycles. The highest BCUT2D eigenvalue weighted by atomic mass is 16.5. The third-order valence-corrected chi connectivity index (χ3v) is 2.37. The molecule has 0 saturated heterocycles. The van der Waals surface area contributed by atoms with Crippen molar-refractivity contribution in [3.8, 4) is 5.75 Å². The van der Waals surface area contributed by atoms with E-state index in [2.05, 4.69) is 5.32 Å². The normalized spacial score (nSPS) is 12.9. The van der Waals surface area contributed by atoms with Crippen LogP contribution in [0.4, 0.5) is 5.69 Å². The van der Waals surface area contributed by atoms with Crippen LogP contribution in [0, 0.1) is 6.92 Å². The number of anilines is 1. The van der Waals surface area contributed by atoms with Crippen LogP contribution in [0.3, 0.4) is 0 Å². The number of nitrogen functional groups attached to an aromatic ring is 1. The van der Waals surface area contributed by atoms with Crippen LogP contribution in [0.1, 0.15) is 33.3 Å². The van der Waals surface area contributed by atoms with Crippen molar-refractivity contribution in [2.45, 2.75) is 46.3 Å². The second-order valence-corrected chi connectivity index (χ2v) is 5.52. The van der Waals surface area contributed by atoms with Gasteiger partial charge in [-0.05, 0) is 58.4 Å². The Bertz CT molecular complexity index is 436. The third-order valence-electron chi connectivity index (χ3n) is 2.37. The number of benzene rings is 1. The van der Waals surface area contributed by atoms with Crippen molar-refractivity contribution in [2.24, 2.45) is 0 Å². The molecule has 0 bridgehead atoms.